The third-order valence-electron chi connectivity index (χ3n) is 4.86. The molecule has 1 N–H and O–H groups in total. The molecule has 1 fully saturated rings. The second kappa shape index (κ2) is 7.88. The summed E-state index contributed by atoms with van der Waals surface area (Å²) in [5.41, 5.74) is 2.52. The van der Waals surface area contributed by atoms with Gasteiger partial charge in [0.1, 0.15) is 11.1 Å². The average Bonchev–Trinajstić information content (AvgIpc) is 2.61. The third kappa shape index (κ3) is 4.32. The number of pyridine rings is 1. The van der Waals surface area contributed by atoms with Gasteiger partial charge in [-0.05, 0) is 43.4 Å². The van der Waals surface area contributed by atoms with Crippen LogP contribution in [0.15, 0.2) is 29.3 Å². The van der Waals surface area contributed by atoms with Crippen molar-refractivity contribution in [3.63, 3.8) is 0 Å². The first-order valence-corrected chi connectivity index (χ1v) is 9.79. The fourth-order valence-electron chi connectivity index (χ4n) is 3.36. The number of thioether (sulfide) groups is 1. The van der Waals surface area contributed by atoms with Gasteiger partial charge in [0, 0.05) is 11.4 Å². The molecule has 0 aliphatic heterocycles. The predicted octanol–water partition coefficient (Wildman–Crippen LogP) is 4.20. The lowest BCUT2D eigenvalue weighted by atomic mass is 9.86. The maximum atomic E-state index is 12.3. The van der Waals surface area contributed by atoms with Crippen molar-refractivity contribution in [3.05, 3.63) is 35.4 Å². The van der Waals surface area contributed by atoms with Crippen LogP contribution in [0.4, 0.5) is 0 Å². The first-order chi connectivity index (χ1) is 12.1. The quantitative estimate of drug-likeness (QED) is 0.837. The highest BCUT2D eigenvalue weighted by Crippen LogP contribution is 2.26. The van der Waals surface area contributed by atoms with Crippen molar-refractivity contribution >= 4 is 28.6 Å². The van der Waals surface area contributed by atoms with E-state index in [0.717, 1.165) is 22.9 Å². The Morgan fingerprint density at radius 1 is 1.36 bits per heavy atom. The van der Waals surface area contributed by atoms with Crippen LogP contribution in [0.25, 0.3) is 10.9 Å². The number of nitriles is 1. The van der Waals surface area contributed by atoms with Crippen LogP contribution in [0, 0.1) is 24.2 Å². The number of amides is 1. The molecule has 4 nitrogen and oxygen atoms in total. The van der Waals surface area contributed by atoms with Gasteiger partial charge in [-0.15, -0.1) is 0 Å². The van der Waals surface area contributed by atoms with Crippen molar-refractivity contribution in [2.45, 2.75) is 50.6 Å². The molecule has 5 heteroatoms. The van der Waals surface area contributed by atoms with Gasteiger partial charge in [0.25, 0.3) is 0 Å². The molecular formula is C20H23N3OS. The van der Waals surface area contributed by atoms with E-state index in [9.17, 15) is 10.1 Å². The second-order valence-corrected chi connectivity index (χ2v) is 7.84. The normalized spacial score (nSPS) is 20.2. The largest absolute Gasteiger partial charge is 0.352 e. The van der Waals surface area contributed by atoms with Crippen LogP contribution in [-0.4, -0.2) is 22.7 Å². The summed E-state index contributed by atoms with van der Waals surface area (Å²) in [6.45, 7) is 4.23. The van der Waals surface area contributed by atoms with Crippen molar-refractivity contribution < 1.29 is 4.79 Å². The van der Waals surface area contributed by atoms with E-state index in [0.29, 0.717) is 22.3 Å². The monoisotopic (exact) mass is 353 g/mol. The van der Waals surface area contributed by atoms with Crippen LogP contribution < -0.4 is 5.32 Å². The molecule has 0 bridgehead atoms. The Kier molecular flexibility index (Phi) is 5.60. The van der Waals surface area contributed by atoms with E-state index in [1.165, 1.54) is 31.0 Å². The molecule has 1 aliphatic rings. The van der Waals surface area contributed by atoms with E-state index >= 15 is 0 Å². The van der Waals surface area contributed by atoms with Crippen molar-refractivity contribution in [2.75, 3.05) is 5.75 Å². The molecule has 1 aliphatic carbocycles. The molecule has 1 amide bonds. The average molecular weight is 353 g/mol. The summed E-state index contributed by atoms with van der Waals surface area (Å²) in [5, 5.41) is 14.1. The highest BCUT2D eigenvalue weighted by molar-refractivity contribution is 8.00. The van der Waals surface area contributed by atoms with Gasteiger partial charge in [-0.2, -0.15) is 5.26 Å². The maximum Gasteiger partial charge on any atom is 0.230 e. The van der Waals surface area contributed by atoms with Gasteiger partial charge in [0.2, 0.25) is 5.91 Å². The van der Waals surface area contributed by atoms with Crippen molar-refractivity contribution in [3.8, 4) is 6.07 Å². The molecule has 3 rings (SSSR count). The SMILES string of the molecule is Cc1ccc2cc(C#N)c(SCC(=O)N[C@@H]3CCCC[C@@H]3C)nc2c1. The highest BCUT2D eigenvalue weighted by atomic mass is 32.2. The minimum atomic E-state index is 0.0266. The summed E-state index contributed by atoms with van der Waals surface area (Å²) in [4.78, 5) is 16.9. The molecule has 2 atom stereocenters. The van der Waals surface area contributed by atoms with E-state index in [1.54, 1.807) is 0 Å². The first kappa shape index (κ1) is 17.8. The number of hydrogen-bond acceptors (Lipinski definition) is 4. The second-order valence-electron chi connectivity index (χ2n) is 6.87. The molecule has 0 unspecified atom stereocenters. The van der Waals surface area contributed by atoms with Crippen molar-refractivity contribution in [1.29, 1.82) is 5.26 Å². The zero-order valence-corrected chi connectivity index (χ0v) is 15.5. The van der Waals surface area contributed by atoms with Gasteiger partial charge >= 0.3 is 0 Å². The van der Waals surface area contributed by atoms with Crippen LogP contribution in [0.3, 0.4) is 0 Å². The number of aromatic nitrogens is 1. The van der Waals surface area contributed by atoms with Crippen LogP contribution >= 0.6 is 11.8 Å². The summed E-state index contributed by atoms with van der Waals surface area (Å²) in [7, 11) is 0. The van der Waals surface area contributed by atoms with Gasteiger partial charge in [0.15, 0.2) is 0 Å². The number of rotatable bonds is 4. The summed E-state index contributed by atoms with van der Waals surface area (Å²) >= 11 is 1.34. The van der Waals surface area contributed by atoms with Crippen LogP contribution in [0.1, 0.15) is 43.7 Å². The van der Waals surface area contributed by atoms with Crippen LogP contribution in [-0.2, 0) is 4.79 Å². The van der Waals surface area contributed by atoms with E-state index in [2.05, 4.69) is 23.3 Å². The molecule has 0 spiro atoms. The summed E-state index contributed by atoms with van der Waals surface area (Å²) < 4.78 is 0. The van der Waals surface area contributed by atoms with E-state index in [4.69, 9.17) is 0 Å². The number of fused-ring (bicyclic) bond motifs is 1. The van der Waals surface area contributed by atoms with E-state index in [1.807, 2.05) is 31.2 Å². The fourth-order valence-corrected chi connectivity index (χ4v) is 4.14. The summed E-state index contributed by atoms with van der Waals surface area (Å²) in [5.74, 6) is 0.861. The Hall–Kier alpha value is -2.06. The fraction of sp³-hybridized carbons (Fsp3) is 0.450. The molecule has 0 saturated heterocycles. The first-order valence-electron chi connectivity index (χ1n) is 8.80. The number of nitrogens with zero attached hydrogens (tertiary/aromatic N) is 2. The predicted molar refractivity (Wildman–Crippen MR) is 101 cm³/mol. The van der Waals surface area contributed by atoms with Gasteiger partial charge in [0.05, 0.1) is 16.8 Å². The number of benzene rings is 1. The molecule has 1 heterocycles. The zero-order valence-electron chi connectivity index (χ0n) is 14.7. The Morgan fingerprint density at radius 3 is 2.92 bits per heavy atom. The van der Waals surface area contributed by atoms with E-state index in [-0.39, 0.29) is 11.9 Å². The molecule has 1 saturated carbocycles. The van der Waals surface area contributed by atoms with Gasteiger partial charge in [-0.1, -0.05) is 43.7 Å². The maximum absolute atomic E-state index is 12.3. The van der Waals surface area contributed by atoms with Crippen molar-refractivity contribution in [2.24, 2.45) is 5.92 Å². The Bertz CT molecular complexity index is 828. The number of nitrogens with one attached hydrogen (secondary N) is 1. The number of aryl methyl sites for hydroxylation is 1. The van der Waals surface area contributed by atoms with Crippen molar-refractivity contribution in [1.82, 2.24) is 10.3 Å². The van der Waals surface area contributed by atoms with Gasteiger partial charge in [-0.3, -0.25) is 4.79 Å². The lowest BCUT2D eigenvalue weighted by Gasteiger charge is -2.29. The number of hydrogen-bond donors (Lipinski definition) is 1. The standard InChI is InChI=1S/C20H23N3OS/c1-13-7-8-15-10-16(11-21)20(23-18(15)9-13)25-12-19(24)22-17-6-4-3-5-14(17)2/h7-10,14,17H,3-6,12H2,1-2H3,(H,22,24)/t14-,17+/m0/s1. The Labute approximate surface area is 153 Å². The zero-order chi connectivity index (χ0) is 17.8. The van der Waals surface area contributed by atoms with Crippen LogP contribution in [0.5, 0.6) is 0 Å². The lowest BCUT2D eigenvalue weighted by Crippen LogP contribution is -2.41. The Balaban J connectivity index is 1.69. The molecule has 1 aromatic heterocycles. The molecule has 130 valence electrons. The molecular weight excluding hydrogens is 330 g/mol. The molecule has 0 radical (unpaired) electrons. The van der Waals surface area contributed by atoms with E-state index < -0.39 is 0 Å². The summed E-state index contributed by atoms with van der Waals surface area (Å²) in [6, 6.07) is 10.3. The Morgan fingerprint density at radius 2 is 2.16 bits per heavy atom. The lowest BCUT2D eigenvalue weighted by molar-refractivity contribution is -0.119. The number of carbonyl (C=O) groups is 1. The van der Waals surface area contributed by atoms with Gasteiger partial charge in [-0.25, -0.2) is 4.98 Å². The molecule has 2 aromatic rings. The third-order valence-corrected chi connectivity index (χ3v) is 5.85. The van der Waals surface area contributed by atoms with Gasteiger partial charge < -0.3 is 5.32 Å². The smallest absolute Gasteiger partial charge is 0.230 e. The molecule has 1 aromatic carbocycles. The molecule has 25 heavy (non-hydrogen) atoms. The van der Waals surface area contributed by atoms with Crippen LogP contribution in [0.2, 0.25) is 0 Å². The highest BCUT2D eigenvalue weighted by Gasteiger charge is 2.22. The topological polar surface area (TPSA) is 65.8 Å². The number of carbonyl (C=O) groups excluding carboxylic acids is 1. The minimum Gasteiger partial charge on any atom is -0.352 e. The summed E-state index contributed by atoms with van der Waals surface area (Å²) in [6.07, 6.45) is 4.69. The minimum absolute atomic E-state index is 0.0266.